The van der Waals surface area contributed by atoms with Crippen LogP contribution in [0.2, 0.25) is 5.15 Å². The summed E-state index contributed by atoms with van der Waals surface area (Å²) in [5.41, 5.74) is -0.0408. The number of ether oxygens (including phenoxy) is 1. The maximum Gasteiger partial charge on any atom is 0.280 e. The number of thiazole rings is 1. The Bertz CT molecular complexity index is 624. The Morgan fingerprint density at radius 2 is 2.28 bits per heavy atom. The zero-order valence-electron chi connectivity index (χ0n) is 8.78. The number of hydrogen-bond acceptors (Lipinski definition) is 4. The number of aromatic nitrogens is 1. The molecule has 92 valence electrons. The molecule has 0 saturated heterocycles. The number of benzene rings is 1. The van der Waals surface area contributed by atoms with Gasteiger partial charge >= 0.3 is 0 Å². The minimum absolute atomic E-state index is 0.0408. The molecule has 18 heavy (non-hydrogen) atoms. The van der Waals surface area contributed by atoms with Crippen molar-refractivity contribution >= 4 is 34.5 Å². The van der Waals surface area contributed by atoms with Gasteiger partial charge in [0.25, 0.3) is 5.19 Å². The number of nitrogens with zero attached hydrogens (tertiary/aromatic N) is 2. The lowest BCUT2D eigenvalue weighted by Gasteiger charge is -2.01. The second kappa shape index (κ2) is 5.53. The molecule has 0 radical (unpaired) electrons. The van der Waals surface area contributed by atoms with Crippen LogP contribution >= 0.6 is 34.5 Å². The largest absolute Gasteiger partial charge is 0.431 e. The molecular formula is C11H5Cl2FN2OS. The summed E-state index contributed by atoms with van der Waals surface area (Å²) in [6.07, 6.45) is 0. The van der Waals surface area contributed by atoms with Crippen LogP contribution < -0.4 is 4.74 Å². The highest BCUT2D eigenvalue weighted by Gasteiger charge is 2.11. The predicted molar refractivity (Wildman–Crippen MR) is 67.9 cm³/mol. The maximum absolute atomic E-state index is 13.3. The molecule has 1 aromatic carbocycles. The summed E-state index contributed by atoms with van der Waals surface area (Å²) < 4.78 is 18.7. The van der Waals surface area contributed by atoms with Gasteiger partial charge in [-0.2, -0.15) is 10.2 Å². The van der Waals surface area contributed by atoms with E-state index in [1.807, 2.05) is 0 Å². The van der Waals surface area contributed by atoms with Gasteiger partial charge in [0.05, 0.1) is 16.3 Å². The standard InChI is InChI=1S/C11H5Cl2FN2OS/c12-4-9-10(13)16-11(18-9)17-7-2-1-6(5-15)8(14)3-7/h1-3H,4H2. The van der Waals surface area contributed by atoms with Gasteiger partial charge in [0.1, 0.15) is 22.8 Å². The summed E-state index contributed by atoms with van der Waals surface area (Å²) in [7, 11) is 0. The van der Waals surface area contributed by atoms with Crippen molar-refractivity contribution in [2.75, 3.05) is 0 Å². The monoisotopic (exact) mass is 302 g/mol. The highest BCUT2D eigenvalue weighted by Crippen LogP contribution is 2.33. The highest BCUT2D eigenvalue weighted by molar-refractivity contribution is 7.14. The molecule has 1 aromatic heterocycles. The van der Waals surface area contributed by atoms with Gasteiger partial charge in [-0.1, -0.05) is 22.9 Å². The van der Waals surface area contributed by atoms with Crippen molar-refractivity contribution in [3.63, 3.8) is 0 Å². The van der Waals surface area contributed by atoms with Crippen LogP contribution in [0.15, 0.2) is 18.2 Å². The second-order valence-corrected chi connectivity index (χ2v) is 4.85. The molecule has 0 fully saturated rings. The SMILES string of the molecule is N#Cc1ccc(Oc2nc(Cl)c(CCl)s2)cc1F. The van der Waals surface area contributed by atoms with Crippen LogP contribution in [-0.4, -0.2) is 4.98 Å². The molecule has 0 bridgehead atoms. The highest BCUT2D eigenvalue weighted by atomic mass is 35.5. The summed E-state index contributed by atoms with van der Waals surface area (Å²) in [6.45, 7) is 0. The van der Waals surface area contributed by atoms with Gasteiger partial charge in [-0.3, -0.25) is 0 Å². The van der Waals surface area contributed by atoms with Gasteiger partial charge in [-0.05, 0) is 12.1 Å². The molecule has 0 aliphatic carbocycles. The predicted octanol–water partition coefficient (Wildman–Crippen LogP) is 4.34. The maximum atomic E-state index is 13.3. The molecule has 0 spiro atoms. The van der Waals surface area contributed by atoms with E-state index in [9.17, 15) is 4.39 Å². The van der Waals surface area contributed by atoms with E-state index < -0.39 is 5.82 Å². The summed E-state index contributed by atoms with van der Waals surface area (Å²) in [5, 5.41) is 9.15. The number of halogens is 3. The van der Waals surface area contributed by atoms with Crippen molar-refractivity contribution in [1.29, 1.82) is 5.26 Å². The van der Waals surface area contributed by atoms with E-state index in [-0.39, 0.29) is 27.5 Å². The first kappa shape index (κ1) is 13.1. The Balaban J connectivity index is 2.23. The quantitative estimate of drug-likeness (QED) is 0.792. The van der Waals surface area contributed by atoms with Gasteiger partial charge < -0.3 is 4.74 Å². The third-order valence-electron chi connectivity index (χ3n) is 2.02. The van der Waals surface area contributed by atoms with Crippen LogP contribution in [0.3, 0.4) is 0 Å². The smallest absolute Gasteiger partial charge is 0.280 e. The van der Waals surface area contributed by atoms with E-state index in [4.69, 9.17) is 33.2 Å². The average Bonchev–Trinajstić information content (AvgIpc) is 2.69. The van der Waals surface area contributed by atoms with Gasteiger partial charge in [0, 0.05) is 6.07 Å². The number of rotatable bonds is 3. The average molecular weight is 303 g/mol. The van der Waals surface area contributed by atoms with Crippen molar-refractivity contribution < 1.29 is 9.13 Å². The number of nitriles is 1. The molecule has 1 heterocycles. The van der Waals surface area contributed by atoms with E-state index in [0.717, 1.165) is 6.07 Å². The van der Waals surface area contributed by atoms with Crippen molar-refractivity contribution in [2.24, 2.45) is 0 Å². The molecule has 0 unspecified atom stereocenters. The fraction of sp³-hybridized carbons (Fsp3) is 0.0909. The van der Waals surface area contributed by atoms with E-state index in [1.54, 1.807) is 6.07 Å². The minimum Gasteiger partial charge on any atom is -0.431 e. The lowest BCUT2D eigenvalue weighted by atomic mass is 10.2. The Labute approximate surface area is 116 Å². The molecule has 0 aliphatic rings. The zero-order chi connectivity index (χ0) is 13.1. The van der Waals surface area contributed by atoms with Crippen molar-refractivity contribution in [1.82, 2.24) is 4.98 Å². The zero-order valence-corrected chi connectivity index (χ0v) is 11.1. The Kier molecular flexibility index (Phi) is 4.02. The Morgan fingerprint density at radius 1 is 1.50 bits per heavy atom. The lowest BCUT2D eigenvalue weighted by molar-refractivity contribution is 0.473. The third kappa shape index (κ3) is 2.72. The van der Waals surface area contributed by atoms with Gasteiger partial charge in [0.15, 0.2) is 0 Å². The van der Waals surface area contributed by atoms with Crippen LogP contribution in [0.5, 0.6) is 10.9 Å². The van der Waals surface area contributed by atoms with Crippen LogP contribution in [0, 0.1) is 17.1 Å². The molecule has 0 saturated carbocycles. The van der Waals surface area contributed by atoms with E-state index in [2.05, 4.69) is 4.98 Å². The first-order chi connectivity index (χ1) is 8.63. The topological polar surface area (TPSA) is 45.9 Å². The molecular weight excluding hydrogens is 298 g/mol. The molecule has 0 amide bonds. The molecule has 0 aliphatic heterocycles. The van der Waals surface area contributed by atoms with Crippen molar-refractivity contribution in [2.45, 2.75) is 5.88 Å². The van der Waals surface area contributed by atoms with Gasteiger partial charge in [-0.15, -0.1) is 11.6 Å². The molecule has 0 atom stereocenters. The lowest BCUT2D eigenvalue weighted by Crippen LogP contribution is -1.87. The Hall–Kier alpha value is -1.35. The fourth-order valence-electron chi connectivity index (χ4n) is 1.19. The van der Waals surface area contributed by atoms with Gasteiger partial charge in [-0.25, -0.2) is 4.39 Å². The normalized spacial score (nSPS) is 10.1. The van der Waals surface area contributed by atoms with Crippen LogP contribution in [0.1, 0.15) is 10.4 Å². The first-order valence-corrected chi connectivity index (χ1v) is 6.45. The molecule has 0 N–H and O–H groups in total. The Morgan fingerprint density at radius 3 is 2.83 bits per heavy atom. The van der Waals surface area contributed by atoms with E-state index in [0.29, 0.717) is 4.88 Å². The summed E-state index contributed by atoms with van der Waals surface area (Å²) >= 11 is 12.6. The van der Waals surface area contributed by atoms with Crippen molar-refractivity contribution in [3.05, 3.63) is 39.6 Å². The molecule has 3 nitrogen and oxygen atoms in total. The summed E-state index contributed by atoms with van der Waals surface area (Å²) in [6, 6.07) is 5.66. The molecule has 2 aromatic rings. The number of alkyl halides is 1. The number of hydrogen-bond donors (Lipinski definition) is 0. The van der Waals surface area contributed by atoms with Crippen LogP contribution in [0.25, 0.3) is 0 Å². The van der Waals surface area contributed by atoms with Crippen molar-refractivity contribution in [3.8, 4) is 17.0 Å². The fourth-order valence-corrected chi connectivity index (χ4v) is 2.53. The minimum atomic E-state index is -0.643. The first-order valence-electron chi connectivity index (χ1n) is 4.72. The van der Waals surface area contributed by atoms with Gasteiger partial charge in [0.2, 0.25) is 0 Å². The third-order valence-corrected chi connectivity index (χ3v) is 3.80. The van der Waals surface area contributed by atoms with E-state index >= 15 is 0 Å². The molecule has 7 heteroatoms. The van der Waals surface area contributed by atoms with Crippen LogP contribution in [0.4, 0.5) is 4.39 Å². The second-order valence-electron chi connectivity index (χ2n) is 3.18. The summed E-state index contributed by atoms with van der Waals surface area (Å²) in [5.74, 6) is -0.157. The van der Waals surface area contributed by atoms with Crippen LogP contribution in [-0.2, 0) is 5.88 Å². The van der Waals surface area contributed by atoms with E-state index in [1.165, 1.54) is 23.5 Å². The molecule has 2 rings (SSSR count). The summed E-state index contributed by atoms with van der Waals surface area (Å²) in [4.78, 5) is 4.62.